The van der Waals surface area contributed by atoms with E-state index >= 15 is 0 Å². The third kappa shape index (κ3) is 2.58. The molecule has 0 bridgehead atoms. The van der Waals surface area contributed by atoms with Crippen LogP contribution in [-0.2, 0) is 4.79 Å². The molecule has 1 saturated heterocycles. The molecule has 0 saturated carbocycles. The number of primary amides is 1. The average Bonchev–Trinajstić information content (AvgIpc) is 2.33. The molecule has 1 amide bonds. The first-order valence-electron chi connectivity index (χ1n) is 5.98. The van der Waals surface area contributed by atoms with Crippen molar-refractivity contribution in [1.82, 2.24) is 5.32 Å². The molecule has 1 aromatic carbocycles. The summed E-state index contributed by atoms with van der Waals surface area (Å²) in [5.74, 6) is -0.264. The van der Waals surface area contributed by atoms with Gasteiger partial charge in [-0.25, -0.2) is 0 Å². The van der Waals surface area contributed by atoms with Gasteiger partial charge in [-0.15, -0.1) is 0 Å². The minimum atomic E-state index is -0.597. The number of hydrogen-bond acceptors (Lipinski definition) is 3. The van der Waals surface area contributed by atoms with Crippen molar-refractivity contribution in [2.75, 3.05) is 18.4 Å². The molecule has 4 N–H and O–H groups in total. The molecule has 0 aliphatic carbocycles. The predicted octanol–water partition coefficient (Wildman–Crippen LogP) is 1.01. The Balaban J connectivity index is 2.17. The van der Waals surface area contributed by atoms with Crippen LogP contribution >= 0.6 is 0 Å². The average molecular weight is 233 g/mol. The van der Waals surface area contributed by atoms with Crippen LogP contribution in [0.2, 0.25) is 0 Å². The van der Waals surface area contributed by atoms with Crippen LogP contribution in [0.3, 0.4) is 0 Å². The van der Waals surface area contributed by atoms with Crippen LogP contribution in [0.4, 0.5) is 5.69 Å². The van der Waals surface area contributed by atoms with Crippen molar-refractivity contribution in [3.8, 4) is 0 Å². The van der Waals surface area contributed by atoms with Crippen LogP contribution in [0.1, 0.15) is 18.4 Å². The first kappa shape index (κ1) is 11.9. The van der Waals surface area contributed by atoms with E-state index in [2.05, 4.69) is 10.6 Å². The quantitative estimate of drug-likeness (QED) is 0.730. The molecular formula is C13H19N3O. The van der Waals surface area contributed by atoms with Crippen LogP contribution in [-0.4, -0.2) is 24.5 Å². The number of hydrogen-bond donors (Lipinski definition) is 3. The molecule has 1 heterocycles. The number of carbonyl (C=O) groups is 1. The lowest BCUT2D eigenvalue weighted by Gasteiger charge is -2.36. The molecule has 92 valence electrons. The summed E-state index contributed by atoms with van der Waals surface area (Å²) in [5.41, 5.74) is 7.11. The topological polar surface area (TPSA) is 67.1 Å². The number of aryl methyl sites for hydroxylation is 1. The molecule has 17 heavy (non-hydrogen) atoms. The summed E-state index contributed by atoms with van der Waals surface area (Å²) in [6.45, 7) is 3.68. The molecule has 1 aromatic rings. The maximum absolute atomic E-state index is 11.7. The number of carbonyl (C=O) groups excluding carboxylic acids is 1. The van der Waals surface area contributed by atoms with Crippen molar-refractivity contribution < 1.29 is 4.79 Å². The normalized spacial score (nSPS) is 18.6. The van der Waals surface area contributed by atoms with Crippen molar-refractivity contribution >= 4 is 11.6 Å². The second-order valence-electron chi connectivity index (χ2n) is 4.69. The van der Waals surface area contributed by atoms with Gasteiger partial charge in [-0.3, -0.25) is 4.79 Å². The highest BCUT2D eigenvalue weighted by Crippen LogP contribution is 2.24. The minimum Gasteiger partial charge on any atom is -0.371 e. The number of benzene rings is 1. The molecule has 4 nitrogen and oxygen atoms in total. The molecule has 2 rings (SSSR count). The monoisotopic (exact) mass is 233 g/mol. The van der Waals surface area contributed by atoms with Gasteiger partial charge in [0.05, 0.1) is 0 Å². The molecule has 1 aliphatic rings. The Morgan fingerprint density at radius 2 is 1.88 bits per heavy atom. The van der Waals surface area contributed by atoms with Gasteiger partial charge in [0, 0.05) is 5.69 Å². The van der Waals surface area contributed by atoms with Crippen LogP contribution in [0.5, 0.6) is 0 Å². The van der Waals surface area contributed by atoms with Gasteiger partial charge in [0.25, 0.3) is 0 Å². The summed E-state index contributed by atoms with van der Waals surface area (Å²) in [5, 5.41) is 6.55. The summed E-state index contributed by atoms with van der Waals surface area (Å²) >= 11 is 0. The fourth-order valence-electron chi connectivity index (χ4n) is 2.20. The first-order valence-corrected chi connectivity index (χ1v) is 5.98. The molecule has 1 fully saturated rings. The van der Waals surface area contributed by atoms with Gasteiger partial charge in [0.1, 0.15) is 5.54 Å². The zero-order valence-electron chi connectivity index (χ0n) is 10.1. The second-order valence-corrected chi connectivity index (χ2v) is 4.69. The van der Waals surface area contributed by atoms with E-state index in [1.807, 2.05) is 31.2 Å². The van der Waals surface area contributed by atoms with Crippen LogP contribution < -0.4 is 16.4 Å². The number of piperidine rings is 1. The molecule has 0 aromatic heterocycles. The molecule has 0 unspecified atom stereocenters. The van der Waals surface area contributed by atoms with Gasteiger partial charge in [-0.05, 0) is 45.0 Å². The summed E-state index contributed by atoms with van der Waals surface area (Å²) in [4.78, 5) is 11.7. The van der Waals surface area contributed by atoms with E-state index < -0.39 is 5.54 Å². The summed E-state index contributed by atoms with van der Waals surface area (Å²) in [6.07, 6.45) is 1.46. The lowest BCUT2D eigenvalue weighted by atomic mass is 9.87. The zero-order valence-corrected chi connectivity index (χ0v) is 10.1. The van der Waals surface area contributed by atoms with E-state index in [0.717, 1.165) is 31.6 Å². The third-order valence-electron chi connectivity index (χ3n) is 3.36. The van der Waals surface area contributed by atoms with Gasteiger partial charge in [-0.2, -0.15) is 0 Å². The number of anilines is 1. The van der Waals surface area contributed by atoms with Gasteiger partial charge >= 0.3 is 0 Å². The van der Waals surface area contributed by atoms with Gasteiger partial charge in [-0.1, -0.05) is 17.7 Å². The summed E-state index contributed by atoms with van der Waals surface area (Å²) in [6, 6.07) is 8.03. The Bertz CT molecular complexity index is 394. The number of nitrogens with two attached hydrogens (primary N) is 1. The van der Waals surface area contributed by atoms with Crippen molar-refractivity contribution in [1.29, 1.82) is 0 Å². The van der Waals surface area contributed by atoms with Crippen molar-refractivity contribution in [2.45, 2.75) is 25.3 Å². The summed E-state index contributed by atoms with van der Waals surface area (Å²) in [7, 11) is 0. The highest BCUT2D eigenvalue weighted by atomic mass is 16.1. The number of amides is 1. The van der Waals surface area contributed by atoms with E-state index in [-0.39, 0.29) is 5.91 Å². The van der Waals surface area contributed by atoms with E-state index in [0.29, 0.717) is 0 Å². The summed E-state index contributed by atoms with van der Waals surface area (Å²) < 4.78 is 0. The Morgan fingerprint density at radius 1 is 1.29 bits per heavy atom. The fourth-order valence-corrected chi connectivity index (χ4v) is 2.20. The highest BCUT2D eigenvalue weighted by molar-refractivity contribution is 5.88. The van der Waals surface area contributed by atoms with Crippen molar-refractivity contribution in [3.05, 3.63) is 29.8 Å². The van der Waals surface area contributed by atoms with Crippen LogP contribution in [0.15, 0.2) is 24.3 Å². The molecular weight excluding hydrogens is 214 g/mol. The number of rotatable bonds is 3. The van der Waals surface area contributed by atoms with Crippen molar-refractivity contribution in [2.24, 2.45) is 5.73 Å². The first-order chi connectivity index (χ1) is 8.12. The lowest BCUT2D eigenvalue weighted by Crippen LogP contribution is -2.56. The molecule has 0 radical (unpaired) electrons. The van der Waals surface area contributed by atoms with E-state index in [1.165, 1.54) is 5.56 Å². The standard InChI is InChI=1S/C13H19N3O/c1-10-2-4-11(5-3-10)16-13(12(14)17)6-8-15-9-7-13/h2-5,15-16H,6-9H2,1H3,(H2,14,17). The Hall–Kier alpha value is -1.55. The predicted molar refractivity (Wildman–Crippen MR) is 68.8 cm³/mol. The molecule has 0 spiro atoms. The SMILES string of the molecule is Cc1ccc(NC2(C(N)=O)CCNCC2)cc1. The maximum atomic E-state index is 11.7. The Labute approximate surface area is 102 Å². The Kier molecular flexibility index (Phi) is 3.33. The Morgan fingerprint density at radius 3 is 2.41 bits per heavy atom. The molecule has 1 aliphatic heterocycles. The van der Waals surface area contributed by atoms with Crippen LogP contribution in [0, 0.1) is 6.92 Å². The number of nitrogens with one attached hydrogen (secondary N) is 2. The third-order valence-corrected chi connectivity index (χ3v) is 3.36. The zero-order chi connectivity index (χ0) is 12.3. The molecule has 0 atom stereocenters. The van der Waals surface area contributed by atoms with E-state index in [4.69, 9.17) is 5.73 Å². The highest BCUT2D eigenvalue weighted by Gasteiger charge is 2.37. The maximum Gasteiger partial charge on any atom is 0.243 e. The van der Waals surface area contributed by atoms with Crippen LogP contribution in [0.25, 0.3) is 0 Å². The van der Waals surface area contributed by atoms with Gasteiger partial charge in [0.2, 0.25) is 5.91 Å². The van der Waals surface area contributed by atoms with Gasteiger partial charge in [0.15, 0.2) is 0 Å². The smallest absolute Gasteiger partial charge is 0.243 e. The van der Waals surface area contributed by atoms with Gasteiger partial charge < -0.3 is 16.4 Å². The molecule has 4 heteroatoms. The largest absolute Gasteiger partial charge is 0.371 e. The fraction of sp³-hybridized carbons (Fsp3) is 0.462. The lowest BCUT2D eigenvalue weighted by molar-refractivity contribution is -0.123. The minimum absolute atomic E-state index is 0.264. The second kappa shape index (κ2) is 4.75. The van der Waals surface area contributed by atoms with E-state index in [1.54, 1.807) is 0 Å². The van der Waals surface area contributed by atoms with E-state index in [9.17, 15) is 4.79 Å². The van der Waals surface area contributed by atoms with Crippen molar-refractivity contribution in [3.63, 3.8) is 0 Å².